The summed E-state index contributed by atoms with van der Waals surface area (Å²) in [4.78, 5) is 14.0. The van der Waals surface area contributed by atoms with Crippen LogP contribution in [0.4, 0.5) is 0 Å². The lowest BCUT2D eigenvalue weighted by Gasteiger charge is -2.48. The van der Waals surface area contributed by atoms with E-state index in [4.69, 9.17) is 0 Å². The Bertz CT molecular complexity index is 617. The lowest BCUT2D eigenvalue weighted by atomic mass is 9.69. The third-order valence-electron chi connectivity index (χ3n) is 6.65. The van der Waals surface area contributed by atoms with Crippen LogP contribution < -0.4 is 0 Å². The van der Waals surface area contributed by atoms with Crippen LogP contribution in [0.15, 0.2) is 0 Å². The number of rotatable bonds is 2. The van der Waals surface area contributed by atoms with E-state index in [1.807, 2.05) is 0 Å². The first-order chi connectivity index (χ1) is 11.0. The molecule has 1 aliphatic heterocycles. The number of hydrogen-bond acceptors (Lipinski definition) is 1. The van der Waals surface area contributed by atoms with Gasteiger partial charge in [-0.15, -0.1) is 0 Å². The summed E-state index contributed by atoms with van der Waals surface area (Å²) >= 11 is 0. The molecule has 1 amide bonds. The molecule has 1 aromatic carbocycles. The Labute approximate surface area is 148 Å². The summed E-state index contributed by atoms with van der Waals surface area (Å²) in [6.45, 7) is 19.9. The number of piperidine rings is 1. The van der Waals surface area contributed by atoms with Gasteiger partial charge in [-0.1, -0.05) is 6.92 Å². The highest BCUT2D eigenvalue weighted by molar-refractivity contribution is 5.74. The zero-order valence-corrected chi connectivity index (χ0v) is 17.1. The Morgan fingerprint density at radius 3 is 1.67 bits per heavy atom. The normalized spacial score (nSPS) is 27.5. The van der Waals surface area contributed by atoms with Gasteiger partial charge in [-0.25, -0.2) is 0 Å². The van der Waals surface area contributed by atoms with Crippen molar-refractivity contribution in [2.45, 2.75) is 93.7 Å². The van der Waals surface area contributed by atoms with Crippen molar-refractivity contribution in [1.82, 2.24) is 4.90 Å². The minimum Gasteiger partial charge on any atom is -0.337 e. The Morgan fingerprint density at radius 1 is 0.917 bits per heavy atom. The molecule has 2 rings (SSSR count). The molecule has 0 spiro atoms. The largest absolute Gasteiger partial charge is 0.337 e. The minimum absolute atomic E-state index is 0.214. The van der Waals surface area contributed by atoms with E-state index in [-0.39, 0.29) is 11.3 Å². The van der Waals surface area contributed by atoms with E-state index < -0.39 is 0 Å². The van der Waals surface area contributed by atoms with Gasteiger partial charge in [0.25, 0.3) is 0 Å². The van der Waals surface area contributed by atoms with Crippen molar-refractivity contribution >= 4 is 5.91 Å². The van der Waals surface area contributed by atoms with Gasteiger partial charge >= 0.3 is 0 Å². The van der Waals surface area contributed by atoms with Crippen molar-refractivity contribution in [1.29, 1.82) is 0 Å². The maximum absolute atomic E-state index is 11.9. The molecule has 0 saturated carbocycles. The van der Waals surface area contributed by atoms with Gasteiger partial charge in [-0.3, -0.25) is 4.79 Å². The molecule has 2 unspecified atom stereocenters. The van der Waals surface area contributed by atoms with Gasteiger partial charge in [0.15, 0.2) is 0 Å². The number of nitrogens with zero attached hydrogens (tertiary/aromatic N) is 1. The van der Waals surface area contributed by atoms with E-state index in [1.54, 1.807) is 6.92 Å². The molecule has 0 N–H and O–H groups in total. The lowest BCUT2D eigenvalue weighted by molar-refractivity contribution is -0.137. The molecular weight excluding hydrogens is 294 g/mol. The van der Waals surface area contributed by atoms with Gasteiger partial charge in [-0.05, 0) is 107 Å². The molecule has 1 aromatic rings. The topological polar surface area (TPSA) is 20.3 Å². The summed E-state index contributed by atoms with van der Waals surface area (Å²) in [5.41, 5.74) is 9.05. The van der Waals surface area contributed by atoms with Crippen molar-refractivity contribution in [3.63, 3.8) is 0 Å². The first kappa shape index (κ1) is 19.0. The van der Waals surface area contributed by atoms with Crippen LogP contribution in [0.2, 0.25) is 0 Å². The molecule has 1 fully saturated rings. The lowest BCUT2D eigenvalue weighted by Crippen LogP contribution is -2.52. The van der Waals surface area contributed by atoms with Gasteiger partial charge in [0, 0.05) is 19.0 Å². The maximum Gasteiger partial charge on any atom is 0.219 e. The Hall–Kier alpha value is -1.31. The van der Waals surface area contributed by atoms with E-state index in [9.17, 15) is 4.79 Å². The first-order valence-electron chi connectivity index (χ1n) is 9.33. The zero-order valence-electron chi connectivity index (χ0n) is 17.1. The zero-order chi connectivity index (χ0) is 18.4. The minimum atomic E-state index is 0.214. The van der Waals surface area contributed by atoms with Gasteiger partial charge in [0.1, 0.15) is 0 Å². The quantitative estimate of drug-likeness (QED) is 0.730. The number of carbonyl (C=O) groups is 1. The fraction of sp³-hybridized carbons (Fsp3) is 0.682. The third-order valence-corrected chi connectivity index (χ3v) is 6.65. The second-order valence-electron chi connectivity index (χ2n) is 8.62. The molecule has 1 heterocycles. The average Bonchev–Trinajstić information content (AvgIpc) is 2.46. The molecule has 1 aliphatic rings. The first-order valence-corrected chi connectivity index (χ1v) is 9.33. The molecule has 2 nitrogen and oxygen atoms in total. The number of benzene rings is 1. The fourth-order valence-electron chi connectivity index (χ4n) is 5.18. The molecule has 0 bridgehead atoms. The summed E-state index contributed by atoms with van der Waals surface area (Å²) in [6, 6.07) is 0.647. The van der Waals surface area contributed by atoms with Gasteiger partial charge in [0.2, 0.25) is 5.91 Å². The van der Waals surface area contributed by atoms with E-state index >= 15 is 0 Å². The molecule has 2 atom stereocenters. The molecule has 0 aromatic heterocycles. The number of hydrogen-bond donors (Lipinski definition) is 0. The van der Waals surface area contributed by atoms with E-state index in [0.717, 1.165) is 19.3 Å². The Balaban J connectivity index is 2.37. The fourth-order valence-corrected chi connectivity index (χ4v) is 5.18. The summed E-state index contributed by atoms with van der Waals surface area (Å²) in [7, 11) is 0. The third kappa shape index (κ3) is 3.25. The molecule has 134 valence electrons. The predicted molar refractivity (Wildman–Crippen MR) is 103 cm³/mol. The average molecular weight is 330 g/mol. The van der Waals surface area contributed by atoms with Crippen molar-refractivity contribution in [2.75, 3.05) is 0 Å². The highest BCUT2D eigenvalue weighted by atomic mass is 16.2. The van der Waals surface area contributed by atoms with Crippen molar-refractivity contribution < 1.29 is 4.79 Å². The van der Waals surface area contributed by atoms with Gasteiger partial charge in [-0.2, -0.15) is 0 Å². The van der Waals surface area contributed by atoms with Crippen LogP contribution in [-0.4, -0.2) is 22.9 Å². The SMILES string of the molecule is CC(=O)N1C(C)CC(C)(Cc2c(C)c(C)c(C)c(C)c2C)CC1C. The van der Waals surface area contributed by atoms with Crippen LogP contribution in [0.3, 0.4) is 0 Å². The van der Waals surface area contributed by atoms with Crippen LogP contribution in [-0.2, 0) is 11.2 Å². The van der Waals surface area contributed by atoms with Crippen molar-refractivity contribution in [3.8, 4) is 0 Å². The number of likely N-dealkylation sites (tertiary alicyclic amines) is 1. The molecule has 0 radical (unpaired) electrons. The van der Waals surface area contributed by atoms with Crippen LogP contribution >= 0.6 is 0 Å². The Morgan fingerprint density at radius 2 is 1.29 bits per heavy atom. The summed E-state index contributed by atoms with van der Waals surface area (Å²) in [5.74, 6) is 0.214. The van der Waals surface area contributed by atoms with Crippen molar-refractivity contribution in [2.24, 2.45) is 5.41 Å². The number of amides is 1. The second kappa shape index (κ2) is 6.54. The van der Waals surface area contributed by atoms with Gasteiger partial charge in [0.05, 0.1) is 0 Å². The van der Waals surface area contributed by atoms with Crippen LogP contribution in [0, 0.1) is 40.0 Å². The molecule has 2 heteroatoms. The van der Waals surface area contributed by atoms with Crippen LogP contribution in [0.1, 0.15) is 73.9 Å². The predicted octanol–water partition coefficient (Wildman–Crippen LogP) is 5.20. The van der Waals surface area contributed by atoms with Crippen molar-refractivity contribution in [3.05, 3.63) is 33.4 Å². The molecular formula is C22H35NO. The number of carbonyl (C=O) groups excluding carboxylic acids is 1. The van der Waals surface area contributed by atoms with E-state index in [2.05, 4.69) is 60.3 Å². The maximum atomic E-state index is 11.9. The standard InChI is InChI=1S/C22H35NO/c1-13-10-22(9,11-14(2)23(13)20(8)24)12-21-18(6)16(4)15(3)17(5)19(21)7/h13-14H,10-12H2,1-9H3. The second-order valence-corrected chi connectivity index (χ2v) is 8.62. The highest BCUT2D eigenvalue weighted by Crippen LogP contribution is 2.42. The summed E-state index contributed by atoms with van der Waals surface area (Å²) < 4.78 is 0. The monoisotopic (exact) mass is 329 g/mol. The summed E-state index contributed by atoms with van der Waals surface area (Å²) in [6.07, 6.45) is 3.29. The van der Waals surface area contributed by atoms with E-state index in [0.29, 0.717) is 12.1 Å². The highest BCUT2D eigenvalue weighted by Gasteiger charge is 2.40. The van der Waals surface area contributed by atoms with Crippen LogP contribution in [0.25, 0.3) is 0 Å². The van der Waals surface area contributed by atoms with Crippen LogP contribution in [0.5, 0.6) is 0 Å². The molecule has 1 saturated heterocycles. The Kier molecular flexibility index (Phi) is 5.18. The molecule has 24 heavy (non-hydrogen) atoms. The molecule has 0 aliphatic carbocycles. The summed E-state index contributed by atoms with van der Waals surface area (Å²) in [5, 5.41) is 0. The van der Waals surface area contributed by atoms with Gasteiger partial charge < -0.3 is 4.90 Å². The van der Waals surface area contributed by atoms with E-state index in [1.165, 1.54) is 33.4 Å². The smallest absolute Gasteiger partial charge is 0.219 e.